The molecule has 0 aliphatic carbocycles. The van der Waals surface area contributed by atoms with Crippen LogP contribution in [0.4, 0.5) is 0 Å². The van der Waals surface area contributed by atoms with E-state index in [1.54, 1.807) is 0 Å². The highest BCUT2D eigenvalue weighted by atomic mass is 127. The Balaban J connectivity index is 2.66. The third-order valence-corrected chi connectivity index (χ3v) is 4.25. The Morgan fingerprint density at radius 3 is 2.42 bits per heavy atom. The van der Waals surface area contributed by atoms with E-state index in [0.717, 1.165) is 24.9 Å². The minimum atomic E-state index is 0.229. The van der Waals surface area contributed by atoms with Gasteiger partial charge < -0.3 is 0 Å². The van der Waals surface area contributed by atoms with Crippen molar-refractivity contribution >= 4 is 28.4 Å². The van der Waals surface area contributed by atoms with E-state index in [1.807, 2.05) is 24.3 Å². The Hall–Kier alpha value is -0.420. The Morgan fingerprint density at radius 1 is 1.26 bits per heavy atom. The number of unbranched alkanes of at least 4 members (excludes halogenated alkanes) is 1. The molecule has 0 aliphatic heterocycles. The van der Waals surface area contributed by atoms with Crippen molar-refractivity contribution in [3.63, 3.8) is 0 Å². The molecule has 0 radical (unpaired) electrons. The topological polar surface area (TPSA) is 20.3 Å². The van der Waals surface area contributed by atoms with Crippen LogP contribution >= 0.6 is 22.6 Å². The molecule has 0 bridgehead atoms. The van der Waals surface area contributed by atoms with Gasteiger partial charge in [0.2, 0.25) is 0 Å². The third-order valence-electron chi connectivity index (χ3n) is 3.53. The number of rotatable bonds is 8. The average molecular weight is 373 g/mol. The van der Waals surface area contributed by atoms with Gasteiger partial charge in [-0.05, 0) is 61.0 Å². The van der Waals surface area contributed by atoms with E-state index in [4.69, 9.17) is 0 Å². The van der Waals surface area contributed by atoms with Crippen molar-refractivity contribution in [1.82, 2.24) is 4.90 Å². The number of hydrogen-bond acceptors (Lipinski definition) is 2. The predicted octanol–water partition coefficient (Wildman–Crippen LogP) is 4.37. The number of nitrogens with zero attached hydrogens (tertiary/aromatic N) is 1. The lowest BCUT2D eigenvalue weighted by Gasteiger charge is -2.27. The lowest BCUT2D eigenvalue weighted by molar-refractivity contribution is 0.0894. The summed E-state index contributed by atoms with van der Waals surface area (Å²) < 4.78 is 1.17. The quantitative estimate of drug-likeness (QED) is 0.498. The number of ketones is 1. The molecule has 3 heteroatoms. The van der Waals surface area contributed by atoms with Gasteiger partial charge in [0.05, 0.1) is 6.54 Å². The molecule has 1 atom stereocenters. The Labute approximate surface area is 130 Å². The highest BCUT2D eigenvalue weighted by Crippen LogP contribution is 2.11. The normalized spacial score (nSPS) is 12.7. The van der Waals surface area contributed by atoms with Crippen LogP contribution in [0.5, 0.6) is 0 Å². The molecular weight excluding hydrogens is 349 g/mol. The summed E-state index contributed by atoms with van der Waals surface area (Å²) in [5.41, 5.74) is 0.824. The molecule has 0 spiro atoms. The van der Waals surface area contributed by atoms with Gasteiger partial charge in [0, 0.05) is 15.2 Å². The number of halogens is 1. The molecule has 0 saturated carbocycles. The summed E-state index contributed by atoms with van der Waals surface area (Å²) in [4.78, 5) is 14.6. The molecule has 0 fully saturated rings. The van der Waals surface area contributed by atoms with E-state index < -0.39 is 0 Å². The first-order valence-electron chi connectivity index (χ1n) is 7.11. The summed E-state index contributed by atoms with van der Waals surface area (Å²) in [6.07, 6.45) is 3.42. The molecule has 1 unspecified atom stereocenters. The van der Waals surface area contributed by atoms with E-state index in [9.17, 15) is 4.79 Å². The standard InChI is InChI=1S/C16H24INO/c1-4-6-11-18(13(3)5-2)12-16(19)14-7-9-15(17)10-8-14/h7-10,13H,4-6,11-12H2,1-3H3. The van der Waals surface area contributed by atoms with Crippen molar-refractivity contribution in [2.24, 2.45) is 0 Å². The maximum Gasteiger partial charge on any atom is 0.176 e. The zero-order valence-electron chi connectivity index (χ0n) is 12.2. The second-order valence-corrected chi connectivity index (χ2v) is 6.26. The van der Waals surface area contributed by atoms with Crippen LogP contribution in [-0.4, -0.2) is 29.8 Å². The van der Waals surface area contributed by atoms with Gasteiger partial charge in [-0.2, -0.15) is 0 Å². The monoisotopic (exact) mass is 373 g/mol. The fourth-order valence-electron chi connectivity index (χ4n) is 1.99. The van der Waals surface area contributed by atoms with Crippen LogP contribution in [0.15, 0.2) is 24.3 Å². The summed E-state index contributed by atoms with van der Waals surface area (Å²) in [5.74, 6) is 0.229. The molecule has 1 aromatic rings. The molecule has 0 aromatic heterocycles. The number of benzene rings is 1. The molecule has 0 amide bonds. The van der Waals surface area contributed by atoms with E-state index in [1.165, 1.54) is 9.99 Å². The number of hydrogen-bond donors (Lipinski definition) is 0. The van der Waals surface area contributed by atoms with Gasteiger partial charge in [-0.3, -0.25) is 9.69 Å². The smallest absolute Gasteiger partial charge is 0.176 e. The first kappa shape index (κ1) is 16.6. The summed E-state index contributed by atoms with van der Waals surface area (Å²) in [7, 11) is 0. The van der Waals surface area contributed by atoms with E-state index in [2.05, 4.69) is 48.3 Å². The molecule has 2 nitrogen and oxygen atoms in total. The second-order valence-electron chi connectivity index (χ2n) is 5.01. The zero-order chi connectivity index (χ0) is 14.3. The van der Waals surface area contributed by atoms with Gasteiger partial charge in [0.25, 0.3) is 0 Å². The van der Waals surface area contributed by atoms with Gasteiger partial charge in [-0.25, -0.2) is 0 Å². The Morgan fingerprint density at radius 2 is 1.89 bits per heavy atom. The molecule has 19 heavy (non-hydrogen) atoms. The first-order valence-corrected chi connectivity index (χ1v) is 8.19. The van der Waals surface area contributed by atoms with Crippen molar-refractivity contribution in [2.45, 2.75) is 46.1 Å². The van der Waals surface area contributed by atoms with E-state index in [-0.39, 0.29) is 5.78 Å². The molecule has 0 saturated heterocycles. The lowest BCUT2D eigenvalue weighted by atomic mass is 10.1. The van der Waals surface area contributed by atoms with Crippen LogP contribution in [0, 0.1) is 3.57 Å². The maximum atomic E-state index is 12.3. The summed E-state index contributed by atoms with van der Waals surface area (Å²) in [6.45, 7) is 8.13. The molecule has 0 aliphatic rings. The van der Waals surface area contributed by atoms with Crippen LogP contribution in [0.3, 0.4) is 0 Å². The largest absolute Gasteiger partial charge is 0.293 e. The van der Waals surface area contributed by atoms with Gasteiger partial charge in [-0.15, -0.1) is 0 Å². The van der Waals surface area contributed by atoms with Gasteiger partial charge in [0.15, 0.2) is 5.78 Å². The minimum absolute atomic E-state index is 0.229. The molecular formula is C16H24INO. The van der Waals surface area contributed by atoms with Crippen LogP contribution in [0.2, 0.25) is 0 Å². The summed E-state index contributed by atoms with van der Waals surface area (Å²) in [6, 6.07) is 8.32. The molecule has 106 valence electrons. The summed E-state index contributed by atoms with van der Waals surface area (Å²) in [5, 5.41) is 0. The highest BCUT2D eigenvalue weighted by Gasteiger charge is 2.16. The van der Waals surface area contributed by atoms with Crippen LogP contribution in [0.25, 0.3) is 0 Å². The van der Waals surface area contributed by atoms with Crippen molar-refractivity contribution in [3.8, 4) is 0 Å². The Bertz CT molecular complexity index is 388. The average Bonchev–Trinajstić information content (AvgIpc) is 2.43. The van der Waals surface area contributed by atoms with Crippen molar-refractivity contribution in [3.05, 3.63) is 33.4 Å². The van der Waals surface area contributed by atoms with Crippen molar-refractivity contribution in [2.75, 3.05) is 13.1 Å². The van der Waals surface area contributed by atoms with Crippen LogP contribution in [0.1, 0.15) is 50.4 Å². The van der Waals surface area contributed by atoms with E-state index >= 15 is 0 Å². The highest BCUT2D eigenvalue weighted by molar-refractivity contribution is 14.1. The van der Waals surface area contributed by atoms with Gasteiger partial charge >= 0.3 is 0 Å². The van der Waals surface area contributed by atoms with Gasteiger partial charge in [0.1, 0.15) is 0 Å². The predicted molar refractivity (Wildman–Crippen MR) is 89.7 cm³/mol. The fourth-order valence-corrected chi connectivity index (χ4v) is 2.35. The zero-order valence-corrected chi connectivity index (χ0v) is 14.3. The van der Waals surface area contributed by atoms with Crippen molar-refractivity contribution < 1.29 is 4.79 Å². The third kappa shape index (κ3) is 5.61. The minimum Gasteiger partial charge on any atom is -0.293 e. The first-order chi connectivity index (χ1) is 9.08. The van der Waals surface area contributed by atoms with Crippen molar-refractivity contribution in [1.29, 1.82) is 0 Å². The number of carbonyl (C=O) groups is 1. The number of Topliss-reactive ketones (excluding diaryl/α,β-unsaturated/α-hetero) is 1. The Kier molecular flexibility index (Phi) is 7.61. The van der Waals surface area contributed by atoms with E-state index in [0.29, 0.717) is 12.6 Å². The van der Waals surface area contributed by atoms with Crippen LogP contribution in [-0.2, 0) is 0 Å². The van der Waals surface area contributed by atoms with Crippen LogP contribution < -0.4 is 0 Å². The van der Waals surface area contributed by atoms with Gasteiger partial charge in [-0.1, -0.05) is 32.4 Å². The SMILES string of the molecule is CCCCN(CC(=O)c1ccc(I)cc1)C(C)CC. The molecule has 1 aromatic carbocycles. The fraction of sp³-hybridized carbons (Fsp3) is 0.562. The maximum absolute atomic E-state index is 12.3. The summed E-state index contributed by atoms with van der Waals surface area (Å²) >= 11 is 2.26. The molecule has 0 heterocycles. The molecule has 0 N–H and O–H groups in total. The molecule has 1 rings (SSSR count). The number of carbonyl (C=O) groups excluding carboxylic acids is 1. The second kappa shape index (κ2) is 8.69. The lowest BCUT2D eigenvalue weighted by Crippen LogP contribution is -2.37.